The van der Waals surface area contributed by atoms with Crippen molar-refractivity contribution < 1.29 is 9.59 Å². The zero-order valence-electron chi connectivity index (χ0n) is 21.9. The second-order valence-corrected chi connectivity index (χ2v) is 11.1. The van der Waals surface area contributed by atoms with Crippen LogP contribution in [-0.4, -0.2) is 63.5 Å². The summed E-state index contributed by atoms with van der Waals surface area (Å²) >= 11 is 1.63. The molecule has 9 nitrogen and oxygen atoms in total. The molecule has 2 fully saturated rings. The monoisotopic (exact) mass is 521 g/mol. The van der Waals surface area contributed by atoms with Gasteiger partial charge in [0.25, 0.3) is 0 Å². The number of anilines is 2. The number of piperidine rings is 1. The molecule has 0 spiro atoms. The molecule has 1 N–H and O–H groups in total. The van der Waals surface area contributed by atoms with Crippen molar-refractivity contribution in [3.05, 3.63) is 35.5 Å². The number of hydrogen-bond acceptors (Lipinski definition) is 7. The molecule has 2 aliphatic rings. The average Bonchev–Trinajstić information content (AvgIpc) is 3.49. The number of aryl methyl sites for hydroxylation is 2. The molecule has 2 aromatic heterocycles. The molecule has 5 rings (SSSR count). The number of carbonyl (C=O) groups is 2. The van der Waals surface area contributed by atoms with Gasteiger partial charge in [-0.3, -0.25) is 9.59 Å². The van der Waals surface area contributed by atoms with Gasteiger partial charge < -0.3 is 15.1 Å². The van der Waals surface area contributed by atoms with Crippen molar-refractivity contribution in [3.63, 3.8) is 0 Å². The third-order valence-electron chi connectivity index (χ3n) is 7.31. The standard InChI is InChI=1S/C27H35N7O2S/c1-4-37-27-30-24(32-11-6-5-7-12-32)22-16-29-34(25(22)31-27)13-10-28-26(36)20-15-23(35)33(17-20)21-9-8-18(2)19(3)14-21/h8-9,14,16,20H,4-7,10-13,15,17H2,1-3H3,(H,28,36). The van der Waals surface area contributed by atoms with Crippen molar-refractivity contribution in [1.29, 1.82) is 0 Å². The van der Waals surface area contributed by atoms with E-state index >= 15 is 0 Å². The maximum absolute atomic E-state index is 12.9. The number of thioether (sulfide) groups is 1. The van der Waals surface area contributed by atoms with E-state index in [1.807, 2.05) is 42.9 Å². The number of benzene rings is 1. The van der Waals surface area contributed by atoms with Gasteiger partial charge in [0.15, 0.2) is 10.8 Å². The van der Waals surface area contributed by atoms with Crippen LogP contribution in [0.25, 0.3) is 11.0 Å². The van der Waals surface area contributed by atoms with E-state index in [0.29, 0.717) is 19.6 Å². The van der Waals surface area contributed by atoms with E-state index in [-0.39, 0.29) is 24.2 Å². The minimum absolute atomic E-state index is 0.00984. The van der Waals surface area contributed by atoms with Crippen molar-refractivity contribution in [3.8, 4) is 0 Å². The van der Waals surface area contributed by atoms with Crippen LogP contribution in [0.5, 0.6) is 0 Å². The first-order valence-corrected chi connectivity index (χ1v) is 14.2. The Morgan fingerprint density at radius 2 is 1.95 bits per heavy atom. The van der Waals surface area contributed by atoms with Gasteiger partial charge in [-0.05, 0) is 62.1 Å². The number of fused-ring (bicyclic) bond motifs is 1. The molecule has 2 amide bonds. The summed E-state index contributed by atoms with van der Waals surface area (Å²) in [5.74, 6) is 1.40. The summed E-state index contributed by atoms with van der Waals surface area (Å²) in [4.78, 5) is 39.3. The SMILES string of the molecule is CCSc1nc(N2CCCCC2)c2cnn(CCNC(=O)C3CC(=O)N(c4ccc(C)c(C)c4)C3)c2n1. The van der Waals surface area contributed by atoms with E-state index in [2.05, 4.69) is 22.2 Å². The Balaban J connectivity index is 1.24. The summed E-state index contributed by atoms with van der Waals surface area (Å²) < 4.78 is 1.85. The molecule has 2 aliphatic heterocycles. The van der Waals surface area contributed by atoms with Gasteiger partial charge in [0.2, 0.25) is 11.8 Å². The van der Waals surface area contributed by atoms with Crippen LogP contribution in [-0.2, 0) is 16.1 Å². The van der Waals surface area contributed by atoms with Gasteiger partial charge in [0, 0.05) is 38.3 Å². The second-order valence-electron chi connectivity index (χ2n) is 9.88. The van der Waals surface area contributed by atoms with E-state index in [9.17, 15) is 9.59 Å². The molecule has 196 valence electrons. The lowest BCUT2D eigenvalue weighted by molar-refractivity contribution is -0.126. The minimum Gasteiger partial charge on any atom is -0.356 e. The normalized spacial score (nSPS) is 18.1. The van der Waals surface area contributed by atoms with Crippen molar-refractivity contribution in [2.75, 3.05) is 41.7 Å². The van der Waals surface area contributed by atoms with E-state index in [4.69, 9.17) is 9.97 Å². The molecule has 0 radical (unpaired) electrons. The molecule has 4 heterocycles. The molecular weight excluding hydrogens is 486 g/mol. The highest BCUT2D eigenvalue weighted by molar-refractivity contribution is 7.99. The second kappa shape index (κ2) is 11.1. The molecule has 0 saturated carbocycles. The molecule has 0 aliphatic carbocycles. The van der Waals surface area contributed by atoms with Crippen molar-refractivity contribution in [1.82, 2.24) is 25.1 Å². The maximum Gasteiger partial charge on any atom is 0.227 e. The van der Waals surface area contributed by atoms with Gasteiger partial charge in [0.1, 0.15) is 5.82 Å². The first-order chi connectivity index (χ1) is 17.9. The fourth-order valence-corrected chi connectivity index (χ4v) is 5.64. The highest BCUT2D eigenvalue weighted by Gasteiger charge is 2.35. The van der Waals surface area contributed by atoms with Crippen LogP contribution in [0.2, 0.25) is 0 Å². The molecule has 37 heavy (non-hydrogen) atoms. The van der Waals surface area contributed by atoms with Gasteiger partial charge in [0.05, 0.1) is 24.0 Å². The Labute approximate surface area is 222 Å². The largest absolute Gasteiger partial charge is 0.356 e. The van der Waals surface area contributed by atoms with Gasteiger partial charge >= 0.3 is 0 Å². The van der Waals surface area contributed by atoms with Gasteiger partial charge in [-0.1, -0.05) is 24.8 Å². The number of carbonyl (C=O) groups excluding carboxylic acids is 2. The fourth-order valence-electron chi connectivity index (χ4n) is 5.08. The summed E-state index contributed by atoms with van der Waals surface area (Å²) in [6.45, 7) is 9.52. The zero-order valence-corrected chi connectivity index (χ0v) is 22.7. The third-order valence-corrected chi connectivity index (χ3v) is 8.03. The molecular formula is C27H35N7O2S. The zero-order chi connectivity index (χ0) is 25.9. The smallest absolute Gasteiger partial charge is 0.227 e. The van der Waals surface area contributed by atoms with E-state index < -0.39 is 0 Å². The average molecular weight is 522 g/mol. The summed E-state index contributed by atoms with van der Waals surface area (Å²) in [5, 5.41) is 9.33. The Morgan fingerprint density at radius 1 is 1.14 bits per heavy atom. The fraction of sp³-hybridized carbons (Fsp3) is 0.519. The number of hydrogen-bond donors (Lipinski definition) is 1. The Kier molecular flexibility index (Phi) is 7.64. The Morgan fingerprint density at radius 3 is 2.70 bits per heavy atom. The highest BCUT2D eigenvalue weighted by atomic mass is 32.2. The van der Waals surface area contributed by atoms with Crippen LogP contribution in [0.3, 0.4) is 0 Å². The number of amides is 2. The third kappa shape index (κ3) is 5.44. The summed E-state index contributed by atoms with van der Waals surface area (Å²) in [6, 6.07) is 5.99. The lowest BCUT2D eigenvalue weighted by atomic mass is 10.1. The number of aromatic nitrogens is 4. The van der Waals surface area contributed by atoms with Crippen LogP contribution < -0.4 is 15.1 Å². The summed E-state index contributed by atoms with van der Waals surface area (Å²) in [6.07, 6.45) is 5.68. The Hall–Kier alpha value is -3.14. The summed E-state index contributed by atoms with van der Waals surface area (Å²) in [5.41, 5.74) is 3.98. The van der Waals surface area contributed by atoms with Gasteiger partial charge in [-0.2, -0.15) is 5.10 Å². The minimum atomic E-state index is -0.357. The number of rotatable bonds is 8. The predicted octanol–water partition coefficient (Wildman–Crippen LogP) is 3.71. The first-order valence-electron chi connectivity index (χ1n) is 13.2. The Bertz CT molecular complexity index is 1300. The lowest BCUT2D eigenvalue weighted by Crippen LogP contribution is -2.35. The van der Waals surface area contributed by atoms with Crippen LogP contribution in [0.15, 0.2) is 29.6 Å². The van der Waals surface area contributed by atoms with E-state index in [0.717, 1.165) is 52.1 Å². The number of nitrogens with zero attached hydrogens (tertiary/aromatic N) is 6. The van der Waals surface area contributed by atoms with Gasteiger partial charge in [-0.25, -0.2) is 14.6 Å². The van der Waals surface area contributed by atoms with Crippen LogP contribution in [0.4, 0.5) is 11.5 Å². The molecule has 1 unspecified atom stereocenters. The van der Waals surface area contributed by atoms with Gasteiger partial charge in [-0.15, -0.1) is 0 Å². The molecule has 1 aromatic carbocycles. The quantitative estimate of drug-likeness (QED) is 0.357. The highest BCUT2D eigenvalue weighted by Crippen LogP contribution is 2.29. The van der Waals surface area contributed by atoms with Crippen molar-refractivity contribution in [2.45, 2.75) is 58.2 Å². The topological polar surface area (TPSA) is 96.2 Å². The van der Waals surface area contributed by atoms with E-state index in [1.165, 1.54) is 24.8 Å². The predicted molar refractivity (Wildman–Crippen MR) is 147 cm³/mol. The molecule has 0 bridgehead atoms. The summed E-state index contributed by atoms with van der Waals surface area (Å²) in [7, 11) is 0. The van der Waals surface area contributed by atoms with Crippen LogP contribution in [0, 0.1) is 19.8 Å². The van der Waals surface area contributed by atoms with Crippen LogP contribution in [0.1, 0.15) is 43.7 Å². The van der Waals surface area contributed by atoms with Crippen molar-refractivity contribution in [2.24, 2.45) is 5.92 Å². The number of nitrogens with one attached hydrogen (secondary N) is 1. The maximum atomic E-state index is 12.9. The lowest BCUT2D eigenvalue weighted by Gasteiger charge is -2.28. The molecule has 1 atom stereocenters. The molecule has 10 heteroatoms. The molecule has 3 aromatic rings. The first kappa shape index (κ1) is 25.5. The van der Waals surface area contributed by atoms with Crippen molar-refractivity contribution >= 4 is 46.1 Å². The van der Waals surface area contributed by atoms with Crippen LogP contribution >= 0.6 is 11.8 Å². The molecule has 2 saturated heterocycles. The van der Waals surface area contributed by atoms with E-state index in [1.54, 1.807) is 16.7 Å².